The van der Waals surface area contributed by atoms with Crippen LogP contribution < -0.4 is 5.32 Å². The van der Waals surface area contributed by atoms with Crippen molar-refractivity contribution in [2.24, 2.45) is 0 Å². The van der Waals surface area contributed by atoms with Gasteiger partial charge in [-0.3, -0.25) is 0 Å². The summed E-state index contributed by atoms with van der Waals surface area (Å²) in [6.07, 6.45) is 9.57. The fraction of sp³-hybridized carbons (Fsp3) is 0.143. The molecule has 1 heterocycles. The lowest BCUT2D eigenvalue weighted by Gasteiger charge is -2.18. The first-order valence-corrected chi connectivity index (χ1v) is 5.01. The minimum atomic E-state index is 0.911. The molecule has 0 unspecified atom stereocenters. The maximum atomic E-state index is 5.31. The minimum Gasteiger partial charge on any atom is -0.359 e. The lowest BCUT2D eigenvalue weighted by atomic mass is 10.0. The lowest BCUT2D eigenvalue weighted by Crippen LogP contribution is -2.14. The van der Waals surface area contributed by atoms with E-state index >= 15 is 0 Å². The van der Waals surface area contributed by atoms with Gasteiger partial charge in [0.2, 0.25) is 0 Å². The zero-order valence-corrected chi connectivity index (χ0v) is 8.59. The van der Waals surface area contributed by atoms with Crippen LogP contribution in [0.2, 0.25) is 0 Å². The molecule has 0 bridgehead atoms. The van der Waals surface area contributed by atoms with Crippen LogP contribution >= 0.6 is 0 Å². The Bertz CT molecular complexity index is 443. The number of allylic oxidation sites excluding steroid dienone is 2. The largest absolute Gasteiger partial charge is 0.359 e. The van der Waals surface area contributed by atoms with Crippen molar-refractivity contribution in [3.63, 3.8) is 0 Å². The van der Waals surface area contributed by atoms with Crippen LogP contribution in [0.1, 0.15) is 24.0 Å². The van der Waals surface area contributed by atoms with Crippen LogP contribution in [0.15, 0.2) is 42.6 Å². The molecule has 1 heteroatoms. The van der Waals surface area contributed by atoms with E-state index in [1.54, 1.807) is 0 Å². The monoisotopic (exact) mass is 195 g/mol. The molecular formula is C14H13N. The van der Waals surface area contributed by atoms with Gasteiger partial charge in [0.25, 0.3) is 0 Å². The maximum Gasteiger partial charge on any atom is 0.0414 e. The van der Waals surface area contributed by atoms with Crippen molar-refractivity contribution in [3.8, 4) is 12.3 Å². The van der Waals surface area contributed by atoms with E-state index in [9.17, 15) is 0 Å². The van der Waals surface area contributed by atoms with E-state index in [1.807, 2.05) is 24.3 Å². The summed E-state index contributed by atoms with van der Waals surface area (Å²) in [7, 11) is 0. The van der Waals surface area contributed by atoms with Crippen LogP contribution in [0.3, 0.4) is 0 Å². The molecule has 0 radical (unpaired) electrons. The Morgan fingerprint density at radius 1 is 1.27 bits per heavy atom. The molecule has 1 N–H and O–H groups in total. The topological polar surface area (TPSA) is 12.0 Å². The SMILES string of the molecule is C#Cc1ccc(C2=CCCC(=C)N2)cc1. The molecule has 15 heavy (non-hydrogen) atoms. The second-order valence-electron chi connectivity index (χ2n) is 3.61. The normalized spacial score (nSPS) is 15.1. The van der Waals surface area contributed by atoms with Crippen LogP contribution in [0, 0.1) is 12.3 Å². The average molecular weight is 195 g/mol. The highest BCUT2D eigenvalue weighted by Crippen LogP contribution is 2.20. The van der Waals surface area contributed by atoms with Gasteiger partial charge in [-0.15, -0.1) is 6.42 Å². The summed E-state index contributed by atoms with van der Waals surface area (Å²) < 4.78 is 0. The summed E-state index contributed by atoms with van der Waals surface area (Å²) >= 11 is 0. The number of rotatable bonds is 1. The van der Waals surface area contributed by atoms with E-state index in [2.05, 4.69) is 23.9 Å². The Morgan fingerprint density at radius 2 is 2.00 bits per heavy atom. The van der Waals surface area contributed by atoms with E-state index in [-0.39, 0.29) is 0 Å². The Kier molecular flexibility index (Phi) is 2.60. The van der Waals surface area contributed by atoms with Gasteiger partial charge in [0.15, 0.2) is 0 Å². The van der Waals surface area contributed by atoms with Gasteiger partial charge in [-0.05, 0) is 30.5 Å². The molecule has 1 nitrogen and oxygen atoms in total. The fourth-order valence-corrected chi connectivity index (χ4v) is 1.63. The molecular weight excluding hydrogens is 182 g/mol. The zero-order valence-electron chi connectivity index (χ0n) is 8.59. The summed E-state index contributed by atoms with van der Waals surface area (Å²) in [5, 5.41) is 3.29. The van der Waals surface area contributed by atoms with Crippen LogP contribution in [0.4, 0.5) is 0 Å². The van der Waals surface area contributed by atoms with Gasteiger partial charge in [0, 0.05) is 17.0 Å². The van der Waals surface area contributed by atoms with Crippen LogP contribution in [0.25, 0.3) is 5.70 Å². The third kappa shape index (κ3) is 2.11. The molecule has 2 rings (SSSR count). The molecule has 1 aliphatic rings. The minimum absolute atomic E-state index is 0.911. The van der Waals surface area contributed by atoms with Gasteiger partial charge in [-0.25, -0.2) is 0 Å². The first-order valence-electron chi connectivity index (χ1n) is 5.01. The smallest absolute Gasteiger partial charge is 0.0414 e. The summed E-state index contributed by atoms with van der Waals surface area (Å²) in [4.78, 5) is 0. The van der Waals surface area contributed by atoms with E-state index in [0.717, 1.165) is 35.4 Å². The molecule has 1 aromatic carbocycles. The quantitative estimate of drug-likeness (QED) is 0.679. The number of hydrogen-bond donors (Lipinski definition) is 1. The standard InChI is InChI=1S/C14H13N/c1-3-12-7-9-13(10-8-12)14-6-4-5-11(2)15-14/h1,6-10,15H,2,4-5H2. The van der Waals surface area contributed by atoms with Gasteiger partial charge in [-0.2, -0.15) is 0 Å². The van der Waals surface area contributed by atoms with E-state index in [4.69, 9.17) is 6.42 Å². The predicted molar refractivity (Wildman–Crippen MR) is 63.9 cm³/mol. The van der Waals surface area contributed by atoms with E-state index in [1.165, 1.54) is 0 Å². The van der Waals surface area contributed by atoms with Crippen molar-refractivity contribution in [1.29, 1.82) is 0 Å². The van der Waals surface area contributed by atoms with Gasteiger partial charge in [-0.1, -0.05) is 30.7 Å². The van der Waals surface area contributed by atoms with Gasteiger partial charge >= 0.3 is 0 Å². The summed E-state index contributed by atoms with van der Waals surface area (Å²) in [5.41, 5.74) is 4.28. The molecule has 1 aromatic rings. The third-order valence-corrected chi connectivity index (χ3v) is 2.47. The fourth-order valence-electron chi connectivity index (χ4n) is 1.63. The van der Waals surface area contributed by atoms with E-state index in [0.29, 0.717) is 0 Å². The number of nitrogens with one attached hydrogen (secondary N) is 1. The van der Waals surface area contributed by atoms with Gasteiger partial charge < -0.3 is 5.32 Å². The molecule has 0 aliphatic carbocycles. The molecule has 0 amide bonds. The molecule has 0 aromatic heterocycles. The Morgan fingerprint density at radius 3 is 2.60 bits per heavy atom. The predicted octanol–water partition coefficient (Wildman–Crippen LogP) is 2.91. The van der Waals surface area contributed by atoms with E-state index < -0.39 is 0 Å². The third-order valence-electron chi connectivity index (χ3n) is 2.47. The second-order valence-corrected chi connectivity index (χ2v) is 3.61. The summed E-state index contributed by atoms with van der Waals surface area (Å²) in [6, 6.07) is 7.98. The summed E-state index contributed by atoms with van der Waals surface area (Å²) in [5.74, 6) is 2.61. The number of terminal acetylenes is 1. The van der Waals surface area contributed by atoms with Gasteiger partial charge in [0.05, 0.1) is 0 Å². The molecule has 1 aliphatic heterocycles. The van der Waals surface area contributed by atoms with Crippen molar-refractivity contribution < 1.29 is 0 Å². The van der Waals surface area contributed by atoms with Gasteiger partial charge in [0.1, 0.15) is 0 Å². The molecule has 0 spiro atoms. The van der Waals surface area contributed by atoms with Crippen LogP contribution in [-0.2, 0) is 0 Å². The average Bonchev–Trinajstić information content (AvgIpc) is 2.29. The van der Waals surface area contributed by atoms with Crippen molar-refractivity contribution >= 4 is 5.70 Å². The Balaban J connectivity index is 2.26. The molecule has 0 saturated heterocycles. The molecule has 74 valence electrons. The second kappa shape index (κ2) is 4.06. The summed E-state index contributed by atoms with van der Waals surface area (Å²) in [6.45, 7) is 3.94. The molecule has 0 fully saturated rings. The number of hydrogen-bond acceptors (Lipinski definition) is 1. The Labute approximate surface area is 90.5 Å². The Hall–Kier alpha value is -1.94. The highest BCUT2D eigenvalue weighted by atomic mass is 14.9. The van der Waals surface area contributed by atoms with Crippen molar-refractivity contribution in [2.45, 2.75) is 12.8 Å². The van der Waals surface area contributed by atoms with Crippen LogP contribution in [-0.4, -0.2) is 0 Å². The first-order chi connectivity index (χ1) is 7.29. The first kappa shape index (κ1) is 9.61. The molecule has 0 atom stereocenters. The lowest BCUT2D eigenvalue weighted by molar-refractivity contribution is 0.860. The number of benzene rings is 1. The highest BCUT2D eigenvalue weighted by Gasteiger charge is 2.07. The zero-order chi connectivity index (χ0) is 10.7. The van der Waals surface area contributed by atoms with Crippen molar-refractivity contribution in [1.82, 2.24) is 5.32 Å². The van der Waals surface area contributed by atoms with Crippen molar-refractivity contribution in [2.75, 3.05) is 0 Å². The van der Waals surface area contributed by atoms with Crippen LogP contribution in [0.5, 0.6) is 0 Å². The maximum absolute atomic E-state index is 5.31. The van der Waals surface area contributed by atoms with Crippen molar-refractivity contribution in [3.05, 3.63) is 53.7 Å². The molecule has 0 saturated carbocycles. The highest BCUT2D eigenvalue weighted by molar-refractivity contribution is 5.66.